The molecule has 1 aromatic heterocycles. The molecule has 0 amide bonds. The molecule has 3 rings (SSSR count). The van der Waals surface area contributed by atoms with E-state index in [9.17, 15) is 4.39 Å². The SMILES string of the molecule is Fc1ccccc1-c1ncncc1N1CCNCC1. The fraction of sp³-hybridized carbons (Fsp3) is 0.286. The average molecular weight is 258 g/mol. The van der Waals surface area contributed by atoms with Crippen molar-refractivity contribution in [2.45, 2.75) is 0 Å². The highest BCUT2D eigenvalue weighted by molar-refractivity contribution is 5.74. The van der Waals surface area contributed by atoms with E-state index in [4.69, 9.17) is 0 Å². The van der Waals surface area contributed by atoms with Crippen molar-refractivity contribution in [1.29, 1.82) is 0 Å². The number of rotatable bonds is 2. The van der Waals surface area contributed by atoms with Crippen LogP contribution in [-0.2, 0) is 0 Å². The lowest BCUT2D eigenvalue weighted by Gasteiger charge is -2.30. The van der Waals surface area contributed by atoms with Gasteiger partial charge >= 0.3 is 0 Å². The maximum atomic E-state index is 13.9. The van der Waals surface area contributed by atoms with Crippen molar-refractivity contribution < 1.29 is 4.39 Å². The average Bonchev–Trinajstić information content (AvgIpc) is 2.49. The van der Waals surface area contributed by atoms with Crippen LogP contribution in [0.15, 0.2) is 36.8 Å². The van der Waals surface area contributed by atoms with Gasteiger partial charge in [0.1, 0.15) is 12.1 Å². The molecular formula is C14H15FN4. The molecule has 0 spiro atoms. The molecule has 2 heterocycles. The molecule has 0 atom stereocenters. The topological polar surface area (TPSA) is 41.1 Å². The first-order valence-electron chi connectivity index (χ1n) is 6.37. The van der Waals surface area contributed by atoms with E-state index in [1.807, 2.05) is 6.07 Å². The second-order valence-electron chi connectivity index (χ2n) is 4.47. The molecule has 0 bridgehead atoms. The van der Waals surface area contributed by atoms with Gasteiger partial charge in [-0.3, -0.25) is 0 Å². The number of benzene rings is 1. The van der Waals surface area contributed by atoms with Gasteiger partial charge in [0.05, 0.1) is 17.6 Å². The second kappa shape index (κ2) is 5.32. The highest BCUT2D eigenvalue weighted by atomic mass is 19.1. The highest BCUT2D eigenvalue weighted by Crippen LogP contribution is 2.29. The number of nitrogens with zero attached hydrogens (tertiary/aromatic N) is 3. The van der Waals surface area contributed by atoms with Gasteiger partial charge in [0, 0.05) is 31.7 Å². The van der Waals surface area contributed by atoms with E-state index < -0.39 is 0 Å². The minimum absolute atomic E-state index is 0.252. The Labute approximate surface area is 111 Å². The number of piperazine rings is 1. The van der Waals surface area contributed by atoms with E-state index in [-0.39, 0.29) is 5.82 Å². The summed E-state index contributed by atoms with van der Waals surface area (Å²) in [6, 6.07) is 6.72. The molecule has 1 saturated heterocycles. The first-order chi connectivity index (χ1) is 9.36. The molecule has 0 aliphatic carbocycles. The van der Waals surface area contributed by atoms with Crippen molar-refractivity contribution in [1.82, 2.24) is 15.3 Å². The maximum absolute atomic E-state index is 13.9. The molecule has 1 fully saturated rings. The van der Waals surface area contributed by atoms with Crippen LogP contribution in [0.5, 0.6) is 0 Å². The molecule has 1 aliphatic heterocycles. The van der Waals surface area contributed by atoms with Crippen LogP contribution in [0.3, 0.4) is 0 Å². The zero-order chi connectivity index (χ0) is 13.1. The lowest BCUT2D eigenvalue weighted by molar-refractivity contribution is 0.588. The van der Waals surface area contributed by atoms with Crippen molar-refractivity contribution in [3.63, 3.8) is 0 Å². The predicted octanol–water partition coefficient (Wildman–Crippen LogP) is 1.69. The molecule has 1 aliphatic rings. The summed E-state index contributed by atoms with van der Waals surface area (Å²) in [6.45, 7) is 3.61. The molecular weight excluding hydrogens is 243 g/mol. The van der Waals surface area contributed by atoms with Crippen LogP contribution in [0, 0.1) is 5.82 Å². The number of halogens is 1. The van der Waals surface area contributed by atoms with Crippen LogP contribution in [0.4, 0.5) is 10.1 Å². The largest absolute Gasteiger partial charge is 0.366 e. The minimum atomic E-state index is -0.252. The summed E-state index contributed by atoms with van der Waals surface area (Å²) in [4.78, 5) is 10.5. The molecule has 0 radical (unpaired) electrons. The van der Waals surface area contributed by atoms with Crippen molar-refractivity contribution in [2.24, 2.45) is 0 Å². The van der Waals surface area contributed by atoms with Crippen LogP contribution < -0.4 is 10.2 Å². The smallest absolute Gasteiger partial charge is 0.132 e. The molecule has 4 nitrogen and oxygen atoms in total. The number of hydrogen-bond acceptors (Lipinski definition) is 4. The molecule has 0 saturated carbocycles. The molecule has 0 unspecified atom stereocenters. The fourth-order valence-electron chi connectivity index (χ4n) is 2.32. The van der Waals surface area contributed by atoms with E-state index in [2.05, 4.69) is 20.2 Å². The van der Waals surface area contributed by atoms with Crippen LogP contribution in [-0.4, -0.2) is 36.1 Å². The Bertz CT molecular complexity index is 567. The summed E-state index contributed by atoms with van der Waals surface area (Å²) in [5.41, 5.74) is 2.09. The van der Waals surface area contributed by atoms with Gasteiger partial charge in [-0.1, -0.05) is 12.1 Å². The Balaban J connectivity index is 2.04. The van der Waals surface area contributed by atoms with Crippen LogP contribution >= 0.6 is 0 Å². The van der Waals surface area contributed by atoms with Gasteiger partial charge in [-0.15, -0.1) is 0 Å². The van der Waals surface area contributed by atoms with Crippen LogP contribution in [0.2, 0.25) is 0 Å². The number of anilines is 1. The maximum Gasteiger partial charge on any atom is 0.132 e. The summed E-state index contributed by atoms with van der Waals surface area (Å²) in [5, 5.41) is 3.30. The summed E-state index contributed by atoms with van der Waals surface area (Å²) < 4.78 is 13.9. The van der Waals surface area contributed by atoms with Gasteiger partial charge < -0.3 is 10.2 Å². The number of hydrogen-bond donors (Lipinski definition) is 1. The summed E-state index contributed by atoms with van der Waals surface area (Å²) in [7, 11) is 0. The van der Waals surface area contributed by atoms with Gasteiger partial charge in [-0.2, -0.15) is 0 Å². The lowest BCUT2D eigenvalue weighted by Crippen LogP contribution is -2.43. The third kappa shape index (κ3) is 2.42. The van der Waals surface area contributed by atoms with Gasteiger partial charge in [0.2, 0.25) is 0 Å². The second-order valence-corrected chi connectivity index (χ2v) is 4.47. The van der Waals surface area contributed by atoms with E-state index in [1.165, 1.54) is 12.4 Å². The van der Waals surface area contributed by atoms with E-state index in [1.54, 1.807) is 18.3 Å². The van der Waals surface area contributed by atoms with Crippen molar-refractivity contribution in [2.75, 3.05) is 31.1 Å². The summed E-state index contributed by atoms with van der Waals surface area (Å²) in [5.74, 6) is -0.252. The lowest BCUT2D eigenvalue weighted by atomic mass is 10.1. The minimum Gasteiger partial charge on any atom is -0.366 e. The third-order valence-electron chi connectivity index (χ3n) is 3.28. The Hall–Kier alpha value is -2.01. The fourth-order valence-corrected chi connectivity index (χ4v) is 2.32. The summed E-state index contributed by atoms with van der Waals surface area (Å²) >= 11 is 0. The van der Waals surface area contributed by atoms with E-state index in [0.29, 0.717) is 11.3 Å². The Morgan fingerprint density at radius 2 is 1.95 bits per heavy atom. The van der Waals surface area contributed by atoms with Gasteiger partial charge in [0.15, 0.2) is 0 Å². The van der Waals surface area contributed by atoms with E-state index >= 15 is 0 Å². The quantitative estimate of drug-likeness (QED) is 0.890. The van der Waals surface area contributed by atoms with Gasteiger partial charge in [0.25, 0.3) is 0 Å². The molecule has 1 aromatic carbocycles. The summed E-state index contributed by atoms with van der Waals surface area (Å²) in [6.07, 6.45) is 3.23. The number of aromatic nitrogens is 2. The first kappa shape index (κ1) is 12.0. The van der Waals surface area contributed by atoms with Gasteiger partial charge in [-0.25, -0.2) is 14.4 Å². The highest BCUT2D eigenvalue weighted by Gasteiger charge is 2.17. The predicted molar refractivity (Wildman–Crippen MR) is 72.5 cm³/mol. The van der Waals surface area contributed by atoms with E-state index in [0.717, 1.165) is 31.9 Å². The zero-order valence-corrected chi connectivity index (χ0v) is 10.5. The monoisotopic (exact) mass is 258 g/mol. The Morgan fingerprint density at radius 3 is 2.74 bits per heavy atom. The van der Waals surface area contributed by atoms with Crippen molar-refractivity contribution in [3.05, 3.63) is 42.6 Å². The van der Waals surface area contributed by atoms with Crippen molar-refractivity contribution >= 4 is 5.69 Å². The Kier molecular flexibility index (Phi) is 3.37. The first-order valence-corrected chi connectivity index (χ1v) is 6.37. The molecule has 1 N–H and O–H groups in total. The molecule has 5 heteroatoms. The van der Waals surface area contributed by atoms with Crippen LogP contribution in [0.1, 0.15) is 0 Å². The zero-order valence-electron chi connectivity index (χ0n) is 10.5. The standard InChI is InChI=1S/C14H15FN4/c15-12-4-2-1-3-11(12)14-13(9-17-10-18-14)19-7-5-16-6-8-19/h1-4,9-10,16H,5-8H2. The molecule has 98 valence electrons. The van der Waals surface area contributed by atoms with Crippen LogP contribution in [0.25, 0.3) is 11.3 Å². The molecule has 2 aromatic rings. The third-order valence-corrected chi connectivity index (χ3v) is 3.28. The van der Waals surface area contributed by atoms with Crippen molar-refractivity contribution in [3.8, 4) is 11.3 Å². The Morgan fingerprint density at radius 1 is 1.16 bits per heavy atom. The van der Waals surface area contributed by atoms with Gasteiger partial charge in [-0.05, 0) is 12.1 Å². The molecule has 19 heavy (non-hydrogen) atoms. The normalized spacial score (nSPS) is 15.5. The number of nitrogens with one attached hydrogen (secondary N) is 1.